The molecule has 0 aliphatic heterocycles. The molecule has 0 heterocycles. The van der Waals surface area contributed by atoms with Gasteiger partial charge in [-0.15, -0.1) is 0 Å². The average Bonchev–Trinajstić information content (AvgIpc) is 2.48. The monoisotopic (exact) mass is 300 g/mol. The van der Waals surface area contributed by atoms with E-state index in [0.717, 1.165) is 0 Å². The highest BCUT2D eigenvalue weighted by Gasteiger charge is 2.13. The number of phenolic OH excluding ortho intramolecular Hbond substituents is 3. The fourth-order valence-electron chi connectivity index (χ4n) is 1.99. The number of hydrogen-bond acceptors (Lipinski definition) is 5. The number of aldehydes is 1. The SMILES string of the molecule is Cc1cc(/C(=C/C=O)Oc2cccc(O)c2C)cc(O)c1O. The van der Waals surface area contributed by atoms with E-state index >= 15 is 0 Å². The zero-order valence-electron chi connectivity index (χ0n) is 12.2. The van der Waals surface area contributed by atoms with E-state index in [1.807, 2.05) is 0 Å². The molecule has 0 bridgehead atoms. The molecule has 0 atom stereocenters. The summed E-state index contributed by atoms with van der Waals surface area (Å²) in [6, 6.07) is 7.69. The van der Waals surface area contributed by atoms with E-state index in [1.165, 1.54) is 18.2 Å². The van der Waals surface area contributed by atoms with Crippen molar-refractivity contribution < 1.29 is 24.9 Å². The molecule has 0 fully saturated rings. The molecule has 2 aromatic carbocycles. The Morgan fingerprint density at radius 3 is 2.45 bits per heavy atom. The first kappa shape index (κ1) is 15.4. The third kappa shape index (κ3) is 3.03. The number of carbonyl (C=O) groups excluding carboxylic acids is 1. The minimum atomic E-state index is -0.303. The van der Waals surface area contributed by atoms with Crippen LogP contribution in [0, 0.1) is 13.8 Å². The fourth-order valence-corrected chi connectivity index (χ4v) is 1.99. The van der Waals surface area contributed by atoms with E-state index < -0.39 is 0 Å². The standard InChI is InChI=1S/C17H16O5/c1-10-8-12(9-14(20)17(10)21)16(6-7-18)22-15-5-3-4-13(19)11(15)2/h3-9,19-21H,1-2H3/b16-6-. The molecule has 3 N–H and O–H groups in total. The molecular weight excluding hydrogens is 284 g/mol. The minimum Gasteiger partial charge on any atom is -0.508 e. The van der Waals surface area contributed by atoms with E-state index in [0.29, 0.717) is 28.7 Å². The van der Waals surface area contributed by atoms with Crippen molar-refractivity contribution in [3.63, 3.8) is 0 Å². The predicted molar refractivity (Wildman–Crippen MR) is 82.0 cm³/mol. The summed E-state index contributed by atoms with van der Waals surface area (Å²) in [5.41, 5.74) is 1.41. The van der Waals surface area contributed by atoms with Crippen LogP contribution in [-0.2, 0) is 4.79 Å². The Kier molecular flexibility index (Phi) is 4.36. The third-order valence-electron chi connectivity index (χ3n) is 3.26. The van der Waals surface area contributed by atoms with Crippen molar-refractivity contribution in [2.75, 3.05) is 0 Å². The number of ether oxygens (including phenoxy) is 1. The summed E-state index contributed by atoms with van der Waals surface area (Å²) in [4.78, 5) is 10.8. The first-order chi connectivity index (χ1) is 10.4. The lowest BCUT2D eigenvalue weighted by atomic mass is 10.1. The van der Waals surface area contributed by atoms with Crippen molar-refractivity contribution in [2.45, 2.75) is 13.8 Å². The Balaban J connectivity index is 2.46. The maximum absolute atomic E-state index is 10.8. The summed E-state index contributed by atoms with van der Waals surface area (Å²) < 4.78 is 5.68. The van der Waals surface area contributed by atoms with Gasteiger partial charge in [0.1, 0.15) is 23.5 Å². The number of phenols is 3. The number of carbonyl (C=O) groups is 1. The van der Waals surface area contributed by atoms with Gasteiger partial charge >= 0.3 is 0 Å². The number of benzene rings is 2. The number of hydrogen-bond donors (Lipinski definition) is 3. The van der Waals surface area contributed by atoms with Gasteiger partial charge in [-0.3, -0.25) is 4.79 Å². The second-order valence-corrected chi connectivity index (χ2v) is 4.83. The van der Waals surface area contributed by atoms with Crippen LogP contribution in [-0.4, -0.2) is 21.6 Å². The van der Waals surface area contributed by atoms with Gasteiger partial charge in [-0.25, -0.2) is 0 Å². The van der Waals surface area contributed by atoms with Crippen LogP contribution in [0.4, 0.5) is 0 Å². The first-order valence-corrected chi connectivity index (χ1v) is 6.59. The van der Waals surface area contributed by atoms with Crippen molar-refractivity contribution in [1.82, 2.24) is 0 Å². The molecule has 0 unspecified atom stereocenters. The Bertz CT molecular complexity index is 724. The molecule has 0 radical (unpaired) electrons. The van der Waals surface area contributed by atoms with Crippen LogP contribution in [0.25, 0.3) is 5.76 Å². The summed E-state index contributed by atoms with van der Waals surface area (Å²) in [7, 11) is 0. The van der Waals surface area contributed by atoms with Crippen LogP contribution in [0.2, 0.25) is 0 Å². The number of rotatable bonds is 4. The lowest BCUT2D eigenvalue weighted by molar-refractivity contribution is -0.104. The van der Waals surface area contributed by atoms with Crippen LogP contribution in [0.15, 0.2) is 36.4 Å². The van der Waals surface area contributed by atoms with Crippen molar-refractivity contribution in [3.8, 4) is 23.0 Å². The molecule has 0 saturated heterocycles. The Morgan fingerprint density at radius 1 is 1.09 bits per heavy atom. The number of aromatic hydroxyl groups is 3. The van der Waals surface area contributed by atoms with Gasteiger partial charge in [-0.05, 0) is 43.7 Å². The van der Waals surface area contributed by atoms with Gasteiger partial charge in [0, 0.05) is 17.2 Å². The fraction of sp³-hybridized carbons (Fsp3) is 0.118. The van der Waals surface area contributed by atoms with E-state index in [1.54, 1.807) is 32.0 Å². The quantitative estimate of drug-likeness (QED) is 0.350. The molecule has 0 aromatic heterocycles. The van der Waals surface area contributed by atoms with Crippen LogP contribution in [0.5, 0.6) is 23.0 Å². The highest BCUT2D eigenvalue weighted by molar-refractivity contribution is 5.80. The molecule has 2 rings (SSSR count). The predicted octanol–water partition coefficient (Wildman–Crippen LogP) is 3.04. The lowest BCUT2D eigenvalue weighted by Gasteiger charge is -2.14. The maximum atomic E-state index is 10.8. The smallest absolute Gasteiger partial charge is 0.160 e. The van der Waals surface area contributed by atoms with E-state index in [-0.39, 0.29) is 23.0 Å². The molecule has 0 amide bonds. The summed E-state index contributed by atoms with van der Waals surface area (Å²) >= 11 is 0. The molecule has 5 nitrogen and oxygen atoms in total. The van der Waals surface area contributed by atoms with Crippen LogP contribution in [0.1, 0.15) is 16.7 Å². The van der Waals surface area contributed by atoms with Crippen molar-refractivity contribution in [1.29, 1.82) is 0 Å². The molecule has 22 heavy (non-hydrogen) atoms. The minimum absolute atomic E-state index is 0.0766. The second kappa shape index (κ2) is 6.22. The van der Waals surface area contributed by atoms with Gasteiger partial charge in [0.2, 0.25) is 0 Å². The highest BCUT2D eigenvalue weighted by Crippen LogP contribution is 2.34. The average molecular weight is 300 g/mol. The summed E-state index contributed by atoms with van der Waals surface area (Å²) in [6.45, 7) is 3.30. The van der Waals surface area contributed by atoms with E-state index in [9.17, 15) is 20.1 Å². The van der Waals surface area contributed by atoms with E-state index in [4.69, 9.17) is 4.74 Å². The molecule has 0 saturated carbocycles. The van der Waals surface area contributed by atoms with Crippen LogP contribution >= 0.6 is 0 Å². The van der Waals surface area contributed by atoms with Gasteiger partial charge in [0.15, 0.2) is 11.5 Å². The van der Waals surface area contributed by atoms with Crippen LogP contribution < -0.4 is 4.74 Å². The van der Waals surface area contributed by atoms with E-state index in [2.05, 4.69) is 0 Å². The molecular formula is C17H16O5. The summed E-state index contributed by atoms with van der Waals surface area (Å²) in [5, 5.41) is 29.0. The molecule has 2 aromatic rings. The van der Waals surface area contributed by atoms with Gasteiger partial charge in [0.05, 0.1) is 0 Å². The van der Waals surface area contributed by atoms with Crippen molar-refractivity contribution in [3.05, 3.63) is 53.1 Å². The zero-order chi connectivity index (χ0) is 16.3. The Labute approximate surface area is 127 Å². The second-order valence-electron chi connectivity index (χ2n) is 4.83. The number of aryl methyl sites for hydroxylation is 1. The molecule has 5 heteroatoms. The summed E-state index contributed by atoms with van der Waals surface area (Å²) in [6.07, 6.45) is 1.77. The van der Waals surface area contributed by atoms with Crippen LogP contribution in [0.3, 0.4) is 0 Å². The third-order valence-corrected chi connectivity index (χ3v) is 3.26. The topological polar surface area (TPSA) is 87.0 Å². The molecule has 0 aliphatic rings. The van der Waals surface area contributed by atoms with Gasteiger partial charge in [-0.2, -0.15) is 0 Å². The zero-order valence-corrected chi connectivity index (χ0v) is 12.2. The molecule has 0 spiro atoms. The molecule has 114 valence electrons. The Hall–Kier alpha value is -2.95. The Morgan fingerprint density at radius 2 is 1.82 bits per heavy atom. The molecule has 0 aliphatic carbocycles. The first-order valence-electron chi connectivity index (χ1n) is 6.59. The van der Waals surface area contributed by atoms with Gasteiger partial charge in [0.25, 0.3) is 0 Å². The largest absolute Gasteiger partial charge is 0.508 e. The lowest BCUT2D eigenvalue weighted by Crippen LogP contribution is -1.98. The van der Waals surface area contributed by atoms with Crippen molar-refractivity contribution >= 4 is 12.0 Å². The van der Waals surface area contributed by atoms with Gasteiger partial charge in [-0.1, -0.05) is 6.07 Å². The van der Waals surface area contributed by atoms with Crippen molar-refractivity contribution in [2.24, 2.45) is 0 Å². The maximum Gasteiger partial charge on any atom is 0.160 e. The number of allylic oxidation sites excluding steroid dienone is 1. The van der Waals surface area contributed by atoms with Gasteiger partial charge < -0.3 is 20.1 Å². The summed E-state index contributed by atoms with van der Waals surface area (Å²) in [5.74, 6) is 0.138. The normalized spacial score (nSPS) is 11.3. The highest BCUT2D eigenvalue weighted by atomic mass is 16.5.